The number of hydrogen-bond donors (Lipinski definition) is 4. The van der Waals surface area contributed by atoms with Crippen LogP contribution in [0.5, 0.6) is 0 Å². The fourth-order valence-electron chi connectivity index (χ4n) is 5.61. The molecule has 2 saturated heterocycles. The monoisotopic (exact) mass is 591 g/mol. The molecule has 43 heavy (non-hydrogen) atoms. The van der Waals surface area contributed by atoms with E-state index < -0.39 is 18.4 Å². The van der Waals surface area contributed by atoms with Crippen molar-refractivity contribution in [1.82, 2.24) is 25.8 Å². The molecule has 2 unspecified atom stereocenters. The molecule has 11 nitrogen and oxygen atoms in total. The Morgan fingerprint density at radius 1 is 1.07 bits per heavy atom. The van der Waals surface area contributed by atoms with E-state index in [9.17, 15) is 14.4 Å². The number of benzene rings is 2. The molecule has 0 bridgehead atoms. The van der Waals surface area contributed by atoms with E-state index in [2.05, 4.69) is 20.9 Å². The molecular formula is C32H41N5O6. The third-order valence-corrected chi connectivity index (χ3v) is 8.14. The lowest BCUT2D eigenvalue weighted by Gasteiger charge is -2.34. The summed E-state index contributed by atoms with van der Waals surface area (Å²) in [7, 11) is 1.68. The largest absolute Gasteiger partial charge is 0.445 e. The molecule has 3 aromatic rings. The molecule has 3 heterocycles. The van der Waals surface area contributed by atoms with Crippen LogP contribution in [0, 0.1) is 5.92 Å². The van der Waals surface area contributed by atoms with Gasteiger partial charge in [0.1, 0.15) is 12.6 Å². The maximum absolute atomic E-state index is 13.9. The molecule has 0 aliphatic carbocycles. The Kier molecular flexibility index (Phi) is 10.3. The minimum absolute atomic E-state index is 0.121. The van der Waals surface area contributed by atoms with Crippen LogP contribution in [0.25, 0.3) is 10.9 Å². The van der Waals surface area contributed by atoms with Crippen molar-refractivity contribution in [3.8, 4) is 0 Å². The number of amides is 3. The number of carbonyl (C=O) groups is 3. The highest BCUT2D eigenvalue weighted by molar-refractivity contribution is 5.91. The van der Waals surface area contributed by atoms with Gasteiger partial charge in [-0.3, -0.25) is 9.59 Å². The van der Waals surface area contributed by atoms with Gasteiger partial charge in [-0.25, -0.2) is 4.79 Å². The van der Waals surface area contributed by atoms with Gasteiger partial charge < -0.3 is 40.0 Å². The van der Waals surface area contributed by atoms with Crippen LogP contribution >= 0.6 is 0 Å². The Morgan fingerprint density at radius 3 is 2.56 bits per heavy atom. The van der Waals surface area contributed by atoms with E-state index >= 15 is 0 Å². The Labute approximate surface area is 251 Å². The molecule has 230 valence electrons. The number of para-hydroxylation sites is 1. The summed E-state index contributed by atoms with van der Waals surface area (Å²) in [6.07, 6.45) is 2.40. The first-order valence-corrected chi connectivity index (χ1v) is 14.9. The quantitative estimate of drug-likeness (QED) is 0.285. The van der Waals surface area contributed by atoms with Gasteiger partial charge in [-0.15, -0.1) is 0 Å². The first-order chi connectivity index (χ1) is 20.9. The molecule has 0 saturated carbocycles. The summed E-state index contributed by atoms with van der Waals surface area (Å²) in [5.74, 6) is -0.829. The lowest BCUT2D eigenvalue weighted by molar-refractivity contribution is -0.196. The van der Waals surface area contributed by atoms with Crippen LogP contribution in [0.2, 0.25) is 0 Å². The molecule has 3 amide bonds. The van der Waals surface area contributed by atoms with Crippen LogP contribution in [0.1, 0.15) is 36.8 Å². The van der Waals surface area contributed by atoms with Crippen molar-refractivity contribution in [2.24, 2.45) is 5.92 Å². The van der Waals surface area contributed by atoms with Crippen LogP contribution in [0.15, 0.2) is 60.8 Å². The normalized spacial score (nSPS) is 21.9. The number of nitrogens with one attached hydrogen (secondary N) is 4. The molecule has 2 fully saturated rings. The van der Waals surface area contributed by atoms with Gasteiger partial charge in [-0.2, -0.15) is 0 Å². The highest BCUT2D eigenvalue weighted by Gasteiger charge is 2.35. The van der Waals surface area contributed by atoms with Crippen molar-refractivity contribution >= 4 is 28.8 Å². The summed E-state index contributed by atoms with van der Waals surface area (Å²) < 4.78 is 16.9. The summed E-state index contributed by atoms with van der Waals surface area (Å²) in [6.45, 7) is 4.23. The summed E-state index contributed by atoms with van der Waals surface area (Å²) in [4.78, 5) is 44.2. The molecule has 2 aliphatic rings. The lowest BCUT2D eigenvalue weighted by atomic mass is 9.90. The van der Waals surface area contributed by atoms with Crippen molar-refractivity contribution in [2.75, 3.05) is 39.9 Å². The Bertz CT molecular complexity index is 1370. The number of nitrogens with zero attached hydrogens (tertiary/aromatic N) is 1. The minimum Gasteiger partial charge on any atom is -0.445 e. The van der Waals surface area contributed by atoms with Crippen LogP contribution in [0.4, 0.5) is 4.79 Å². The molecule has 3 atom stereocenters. The third-order valence-electron chi connectivity index (χ3n) is 8.14. The molecule has 11 heteroatoms. The van der Waals surface area contributed by atoms with Gasteiger partial charge in [-0.05, 0) is 36.6 Å². The number of aromatic amines is 1. The van der Waals surface area contributed by atoms with Gasteiger partial charge in [0.25, 0.3) is 0 Å². The van der Waals surface area contributed by atoms with E-state index in [4.69, 9.17) is 14.2 Å². The molecule has 2 aromatic carbocycles. The Hall–Kier alpha value is -3.93. The number of aromatic nitrogens is 1. The topological polar surface area (TPSA) is 134 Å². The molecule has 0 radical (unpaired) electrons. The number of alkyl carbamates (subject to hydrolysis) is 1. The van der Waals surface area contributed by atoms with Gasteiger partial charge in [0.15, 0.2) is 6.29 Å². The van der Waals surface area contributed by atoms with Crippen molar-refractivity contribution in [3.63, 3.8) is 0 Å². The number of fused-ring (bicyclic) bond motifs is 1. The van der Waals surface area contributed by atoms with Gasteiger partial charge in [0, 0.05) is 36.6 Å². The van der Waals surface area contributed by atoms with Gasteiger partial charge >= 0.3 is 6.09 Å². The van der Waals surface area contributed by atoms with Crippen LogP contribution < -0.4 is 16.0 Å². The van der Waals surface area contributed by atoms with Crippen LogP contribution in [-0.4, -0.2) is 86.1 Å². The van der Waals surface area contributed by atoms with E-state index in [1.54, 1.807) is 11.9 Å². The molecular weight excluding hydrogens is 550 g/mol. The first kappa shape index (κ1) is 30.5. The third kappa shape index (κ3) is 7.92. The lowest BCUT2D eigenvalue weighted by Crippen LogP contribution is -2.55. The Balaban J connectivity index is 1.17. The fraction of sp³-hybridized carbons (Fsp3) is 0.469. The first-order valence-electron chi connectivity index (χ1n) is 14.9. The van der Waals surface area contributed by atoms with Crippen LogP contribution in [-0.2, 0) is 30.4 Å². The predicted octanol–water partition coefficient (Wildman–Crippen LogP) is 2.88. The van der Waals surface area contributed by atoms with E-state index in [0.717, 1.165) is 41.4 Å². The predicted molar refractivity (Wildman–Crippen MR) is 161 cm³/mol. The fourth-order valence-corrected chi connectivity index (χ4v) is 5.61. The number of hydrogen-bond acceptors (Lipinski definition) is 7. The van der Waals surface area contributed by atoms with Crippen molar-refractivity contribution < 1.29 is 28.6 Å². The zero-order valence-corrected chi connectivity index (χ0v) is 24.7. The van der Waals surface area contributed by atoms with E-state index in [-0.39, 0.29) is 56.1 Å². The molecule has 0 spiro atoms. The summed E-state index contributed by atoms with van der Waals surface area (Å²) >= 11 is 0. The van der Waals surface area contributed by atoms with Crippen molar-refractivity contribution in [1.29, 1.82) is 0 Å². The average molecular weight is 592 g/mol. The zero-order valence-electron chi connectivity index (χ0n) is 24.7. The maximum Gasteiger partial charge on any atom is 0.407 e. The van der Waals surface area contributed by atoms with Crippen molar-refractivity contribution in [3.05, 3.63) is 71.9 Å². The Morgan fingerprint density at radius 2 is 1.81 bits per heavy atom. The highest BCUT2D eigenvalue weighted by atomic mass is 16.7. The number of piperidine rings is 1. The van der Waals surface area contributed by atoms with E-state index in [1.807, 2.05) is 67.7 Å². The average Bonchev–Trinajstić information content (AvgIpc) is 3.48. The number of ether oxygens (including phenoxy) is 3. The standard InChI is InChI=1S/C32H41N5O6/c1-21(26-16-34-27-13-7-6-12-25(26)27)29(36-30(38)23-11-8-14-33-15-23)31(39)37(2)17-28-41-19-24(20-42-28)35-32(40)43-18-22-9-4-3-5-10-22/h3-7,9-10,12-13,16,21,23-24,28-29,33-34H,8,11,14-15,17-20H2,1-2H3,(H,35,40)(H,36,38)/t21-,23?,24?,28?,29?/m0/s1. The van der Waals surface area contributed by atoms with E-state index in [1.165, 1.54) is 0 Å². The minimum atomic E-state index is -0.781. The molecule has 1 aromatic heterocycles. The number of likely N-dealkylation sites (N-methyl/N-ethyl adjacent to an activating group) is 1. The van der Waals surface area contributed by atoms with Gasteiger partial charge in [0.2, 0.25) is 11.8 Å². The summed E-state index contributed by atoms with van der Waals surface area (Å²) in [5, 5.41) is 10.1. The van der Waals surface area contributed by atoms with Gasteiger partial charge in [0.05, 0.1) is 31.7 Å². The molecule has 2 aliphatic heterocycles. The SMILES string of the molecule is C[C@@H](c1c[nH]c2ccccc12)C(NC(=O)C1CCCNC1)C(=O)N(C)CC1OCC(NC(=O)OCc2ccccc2)CO1. The summed E-state index contributed by atoms with van der Waals surface area (Å²) in [6, 6.07) is 16.2. The van der Waals surface area contributed by atoms with Gasteiger partial charge in [-0.1, -0.05) is 55.5 Å². The summed E-state index contributed by atoms with van der Waals surface area (Å²) in [5.41, 5.74) is 2.83. The van der Waals surface area contributed by atoms with Crippen LogP contribution in [0.3, 0.4) is 0 Å². The maximum atomic E-state index is 13.9. The highest BCUT2D eigenvalue weighted by Crippen LogP contribution is 2.29. The number of H-pyrrole nitrogens is 1. The molecule has 5 rings (SSSR count). The second-order valence-electron chi connectivity index (χ2n) is 11.3. The zero-order chi connectivity index (χ0) is 30.2. The van der Waals surface area contributed by atoms with Crippen molar-refractivity contribution in [2.45, 2.75) is 50.7 Å². The molecule has 4 N–H and O–H groups in total. The van der Waals surface area contributed by atoms with E-state index in [0.29, 0.717) is 6.54 Å². The smallest absolute Gasteiger partial charge is 0.407 e. The number of rotatable bonds is 10. The second-order valence-corrected chi connectivity index (χ2v) is 11.3. The number of carbonyl (C=O) groups excluding carboxylic acids is 3. The second kappa shape index (κ2) is 14.5.